The molecule has 2 atom stereocenters. The quantitative estimate of drug-likeness (QED) is 0.681. The molecule has 3 rings (SSSR count). The highest BCUT2D eigenvalue weighted by Gasteiger charge is 2.35. The van der Waals surface area contributed by atoms with Gasteiger partial charge in [0.25, 0.3) is 0 Å². The van der Waals surface area contributed by atoms with E-state index in [1.807, 2.05) is 6.08 Å². The maximum atomic E-state index is 10.9. The number of ether oxygens (including phenoxy) is 2. The summed E-state index contributed by atoms with van der Waals surface area (Å²) < 4.78 is 10.7. The molecule has 0 bridgehead atoms. The van der Waals surface area contributed by atoms with E-state index in [-0.39, 0.29) is 12.7 Å². The number of aliphatic carboxylic acids is 1. The van der Waals surface area contributed by atoms with Gasteiger partial charge in [0.1, 0.15) is 11.8 Å². The Morgan fingerprint density at radius 3 is 3.19 bits per heavy atom. The number of fused-ring (bicyclic) bond motifs is 1. The zero-order valence-electron chi connectivity index (χ0n) is 8.73. The number of hydrogen-bond donors (Lipinski definition) is 2. The summed E-state index contributed by atoms with van der Waals surface area (Å²) >= 11 is 0. The summed E-state index contributed by atoms with van der Waals surface area (Å²) in [5, 5.41) is 12.0. The summed E-state index contributed by atoms with van der Waals surface area (Å²) in [5.74, 6) is 1.20. The van der Waals surface area contributed by atoms with Crippen molar-refractivity contribution >= 4 is 5.97 Å². The Hall–Kier alpha value is -1.49. The molecule has 2 unspecified atom stereocenters. The van der Waals surface area contributed by atoms with Gasteiger partial charge >= 0.3 is 5.97 Å². The van der Waals surface area contributed by atoms with Crippen molar-refractivity contribution in [2.24, 2.45) is 5.92 Å². The SMILES string of the molecule is O=C(O)C1CC2CC3=C(C=C2CN1)OCO3. The predicted molar refractivity (Wildman–Crippen MR) is 54.3 cm³/mol. The number of allylic oxidation sites excluding steroid dienone is 2. The number of piperidine rings is 1. The van der Waals surface area contributed by atoms with E-state index in [1.54, 1.807) is 0 Å². The van der Waals surface area contributed by atoms with Crippen LogP contribution in [0.15, 0.2) is 23.2 Å². The van der Waals surface area contributed by atoms with E-state index in [0.717, 1.165) is 17.9 Å². The van der Waals surface area contributed by atoms with Crippen LogP contribution < -0.4 is 5.32 Å². The zero-order valence-corrected chi connectivity index (χ0v) is 8.73. The van der Waals surface area contributed by atoms with Crippen molar-refractivity contribution in [3.05, 3.63) is 23.2 Å². The lowest BCUT2D eigenvalue weighted by Gasteiger charge is -2.32. The van der Waals surface area contributed by atoms with Crippen LogP contribution in [0.1, 0.15) is 12.8 Å². The summed E-state index contributed by atoms with van der Waals surface area (Å²) in [6.07, 6.45) is 3.38. The molecule has 0 saturated carbocycles. The lowest BCUT2D eigenvalue weighted by atomic mass is 9.82. The molecule has 2 aliphatic heterocycles. The van der Waals surface area contributed by atoms with Crippen LogP contribution in [0.3, 0.4) is 0 Å². The molecule has 5 nitrogen and oxygen atoms in total. The molecule has 2 heterocycles. The van der Waals surface area contributed by atoms with Crippen molar-refractivity contribution in [3.63, 3.8) is 0 Å². The predicted octanol–water partition coefficient (Wildman–Crippen LogP) is 0.595. The van der Waals surface area contributed by atoms with E-state index in [9.17, 15) is 4.79 Å². The monoisotopic (exact) mass is 223 g/mol. The van der Waals surface area contributed by atoms with Gasteiger partial charge < -0.3 is 19.9 Å². The highest BCUT2D eigenvalue weighted by Crippen LogP contribution is 2.37. The van der Waals surface area contributed by atoms with Gasteiger partial charge in [-0.2, -0.15) is 0 Å². The summed E-state index contributed by atoms with van der Waals surface area (Å²) in [6.45, 7) is 0.915. The van der Waals surface area contributed by atoms with Gasteiger partial charge in [0.15, 0.2) is 5.76 Å². The van der Waals surface area contributed by atoms with Gasteiger partial charge in [-0.15, -0.1) is 0 Å². The van der Waals surface area contributed by atoms with Crippen LogP contribution in [0.25, 0.3) is 0 Å². The van der Waals surface area contributed by atoms with Crippen LogP contribution in [-0.2, 0) is 14.3 Å². The first-order valence-corrected chi connectivity index (χ1v) is 5.39. The Bertz CT molecular complexity index is 399. The number of carbonyl (C=O) groups is 1. The average molecular weight is 223 g/mol. The second-order valence-corrected chi connectivity index (χ2v) is 4.32. The fourth-order valence-corrected chi connectivity index (χ4v) is 2.47. The highest BCUT2D eigenvalue weighted by molar-refractivity contribution is 5.74. The Morgan fingerprint density at radius 2 is 2.38 bits per heavy atom. The maximum Gasteiger partial charge on any atom is 0.320 e. The standard InChI is InChI=1S/C11H13NO4/c13-11(14)8-1-6-2-9-10(16-5-15-9)3-7(6)4-12-8/h3,6,8,12H,1-2,4-5H2,(H,13,14). The first-order chi connectivity index (χ1) is 7.74. The minimum absolute atomic E-state index is 0.280. The Balaban J connectivity index is 1.79. The third-order valence-electron chi connectivity index (χ3n) is 3.37. The Labute approximate surface area is 92.7 Å². The molecule has 0 amide bonds. The average Bonchev–Trinajstić information content (AvgIpc) is 2.71. The molecule has 0 spiro atoms. The number of rotatable bonds is 1. The molecule has 1 saturated heterocycles. The first kappa shape index (κ1) is 9.72. The molecule has 2 N–H and O–H groups in total. The van der Waals surface area contributed by atoms with E-state index >= 15 is 0 Å². The van der Waals surface area contributed by atoms with Gasteiger partial charge in [0.2, 0.25) is 6.79 Å². The maximum absolute atomic E-state index is 10.9. The lowest BCUT2D eigenvalue weighted by Crippen LogP contribution is -2.45. The van der Waals surface area contributed by atoms with Crippen molar-refractivity contribution in [3.8, 4) is 0 Å². The Kier molecular flexibility index (Phi) is 2.14. The second-order valence-electron chi connectivity index (χ2n) is 4.32. The number of nitrogens with one attached hydrogen (secondary N) is 1. The second kappa shape index (κ2) is 3.52. The van der Waals surface area contributed by atoms with Crippen molar-refractivity contribution in [1.82, 2.24) is 5.32 Å². The number of carboxylic acids is 1. The van der Waals surface area contributed by atoms with Crippen molar-refractivity contribution in [2.75, 3.05) is 13.3 Å². The van der Waals surface area contributed by atoms with Gasteiger partial charge in [-0.05, 0) is 24.0 Å². The topological polar surface area (TPSA) is 67.8 Å². The molecule has 0 aromatic rings. The normalized spacial score (nSPS) is 32.1. The molecular formula is C11H13NO4. The van der Waals surface area contributed by atoms with E-state index < -0.39 is 12.0 Å². The van der Waals surface area contributed by atoms with Crippen LogP contribution in [0.4, 0.5) is 0 Å². The van der Waals surface area contributed by atoms with E-state index in [1.165, 1.54) is 5.57 Å². The molecule has 3 aliphatic rings. The van der Waals surface area contributed by atoms with Crippen molar-refractivity contribution in [2.45, 2.75) is 18.9 Å². The third-order valence-corrected chi connectivity index (χ3v) is 3.37. The smallest absolute Gasteiger partial charge is 0.320 e. The molecule has 16 heavy (non-hydrogen) atoms. The summed E-state index contributed by atoms with van der Waals surface area (Å²) in [7, 11) is 0. The van der Waals surface area contributed by atoms with E-state index in [0.29, 0.717) is 13.0 Å². The molecule has 86 valence electrons. The van der Waals surface area contributed by atoms with Gasteiger partial charge in [0, 0.05) is 13.0 Å². The van der Waals surface area contributed by atoms with Crippen molar-refractivity contribution < 1.29 is 19.4 Å². The van der Waals surface area contributed by atoms with Gasteiger partial charge in [-0.1, -0.05) is 0 Å². The third kappa shape index (κ3) is 1.48. The minimum Gasteiger partial charge on any atom is -0.480 e. The lowest BCUT2D eigenvalue weighted by molar-refractivity contribution is -0.140. The number of carboxylic acid groups (broad SMARTS) is 1. The molecule has 0 aromatic heterocycles. The van der Waals surface area contributed by atoms with E-state index in [2.05, 4.69) is 5.32 Å². The molecular weight excluding hydrogens is 210 g/mol. The Morgan fingerprint density at radius 1 is 1.50 bits per heavy atom. The fourth-order valence-electron chi connectivity index (χ4n) is 2.47. The van der Waals surface area contributed by atoms with Crippen LogP contribution in [-0.4, -0.2) is 30.5 Å². The molecule has 1 aliphatic carbocycles. The van der Waals surface area contributed by atoms with Gasteiger partial charge in [0.05, 0.1) is 0 Å². The van der Waals surface area contributed by atoms with E-state index in [4.69, 9.17) is 14.6 Å². The first-order valence-electron chi connectivity index (χ1n) is 5.39. The largest absolute Gasteiger partial charge is 0.480 e. The molecule has 0 aromatic carbocycles. The zero-order chi connectivity index (χ0) is 11.1. The van der Waals surface area contributed by atoms with Crippen molar-refractivity contribution in [1.29, 1.82) is 0 Å². The summed E-state index contributed by atoms with van der Waals surface area (Å²) in [5.41, 5.74) is 1.22. The summed E-state index contributed by atoms with van der Waals surface area (Å²) in [6, 6.07) is -0.438. The summed E-state index contributed by atoms with van der Waals surface area (Å²) in [4.78, 5) is 10.9. The number of hydrogen-bond acceptors (Lipinski definition) is 4. The molecule has 5 heteroatoms. The molecule has 1 fully saturated rings. The fraction of sp³-hybridized carbons (Fsp3) is 0.545. The minimum atomic E-state index is -0.776. The van der Waals surface area contributed by atoms with Crippen LogP contribution in [0, 0.1) is 5.92 Å². The van der Waals surface area contributed by atoms with Gasteiger partial charge in [-0.25, -0.2) is 0 Å². The van der Waals surface area contributed by atoms with Crippen LogP contribution >= 0.6 is 0 Å². The van der Waals surface area contributed by atoms with Crippen LogP contribution in [0.2, 0.25) is 0 Å². The highest BCUT2D eigenvalue weighted by atomic mass is 16.7. The van der Waals surface area contributed by atoms with Crippen LogP contribution in [0.5, 0.6) is 0 Å². The van der Waals surface area contributed by atoms with Gasteiger partial charge in [-0.3, -0.25) is 4.79 Å². The molecule has 0 radical (unpaired) electrons.